The highest BCUT2D eigenvalue weighted by Crippen LogP contribution is 2.40. The molecule has 0 saturated heterocycles. The summed E-state index contributed by atoms with van der Waals surface area (Å²) in [7, 11) is 1.43. The Morgan fingerprint density at radius 3 is 2.42 bits per heavy atom. The van der Waals surface area contributed by atoms with Crippen molar-refractivity contribution in [1.29, 1.82) is 0 Å². The van der Waals surface area contributed by atoms with Crippen molar-refractivity contribution in [3.8, 4) is 22.6 Å². The van der Waals surface area contributed by atoms with Gasteiger partial charge in [0.25, 0.3) is 5.91 Å². The van der Waals surface area contributed by atoms with E-state index >= 15 is 0 Å². The summed E-state index contributed by atoms with van der Waals surface area (Å²) in [4.78, 5) is 33.0. The average Bonchev–Trinajstić information content (AvgIpc) is 3.68. The van der Waals surface area contributed by atoms with Crippen molar-refractivity contribution < 1.29 is 23.5 Å². The molecule has 38 heavy (non-hydrogen) atoms. The lowest BCUT2D eigenvalue weighted by Crippen LogP contribution is -2.43. The van der Waals surface area contributed by atoms with E-state index in [0.29, 0.717) is 52.5 Å². The molecule has 0 unspecified atom stereocenters. The van der Waals surface area contributed by atoms with Crippen LogP contribution in [0, 0.1) is 18.7 Å². The van der Waals surface area contributed by atoms with E-state index in [1.54, 1.807) is 12.3 Å². The molecule has 5 rings (SSSR count). The molecule has 8 nitrogen and oxygen atoms in total. The number of ether oxygens (including phenoxy) is 2. The van der Waals surface area contributed by atoms with E-state index in [1.165, 1.54) is 13.2 Å². The third kappa shape index (κ3) is 5.47. The molecule has 2 heterocycles. The number of aromatic nitrogens is 2. The molecule has 2 aliphatic carbocycles. The van der Waals surface area contributed by atoms with Crippen LogP contribution in [0.2, 0.25) is 0 Å². The third-order valence-electron chi connectivity index (χ3n) is 7.57. The second-order valence-corrected chi connectivity index (χ2v) is 10.4. The van der Waals surface area contributed by atoms with Crippen LogP contribution in [0.15, 0.2) is 24.4 Å². The number of aryl methyl sites for hydroxylation is 1. The molecule has 0 atom stereocenters. The number of carbonyl (C=O) groups excluding carboxylic acids is 2. The number of halogens is 1. The number of pyridine rings is 1. The first kappa shape index (κ1) is 26.0. The summed E-state index contributed by atoms with van der Waals surface area (Å²) >= 11 is 0. The van der Waals surface area contributed by atoms with Crippen LogP contribution >= 0.6 is 0 Å². The van der Waals surface area contributed by atoms with E-state index < -0.39 is 5.82 Å². The van der Waals surface area contributed by atoms with Crippen molar-refractivity contribution >= 4 is 22.8 Å². The Kier molecular flexibility index (Phi) is 7.53. The maximum absolute atomic E-state index is 14.6. The lowest BCUT2D eigenvalue weighted by molar-refractivity contribution is -0.121. The molecule has 0 spiro atoms. The van der Waals surface area contributed by atoms with Gasteiger partial charge in [0.2, 0.25) is 5.91 Å². The van der Waals surface area contributed by atoms with Crippen LogP contribution in [0.4, 0.5) is 4.39 Å². The zero-order valence-electron chi connectivity index (χ0n) is 22.2. The third-order valence-corrected chi connectivity index (χ3v) is 7.57. The quantitative estimate of drug-likeness (QED) is 0.365. The molecule has 3 aromatic rings. The Labute approximate surface area is 221 Å². The molecule has 2 aromatic heterocycles. The number of methoxy groups -OCH3 is 1. The number of amides is 2. The van der Waals surface area contributed by atoms with Gasteiger partial charge < -0.3 is 25.1 Å². The molecule has 202 valence electrons. The van der Waals surface area contributed by atoms with E-state index in [0.717, 1.165) is 44.1 Å². The first-order valence-corrected chi connectivity index (χ1v) is 13.5. The van der Waals surface area contributed by atoms with E-state index in [2.05, 4.69) is 20.6 Å². The summed E-state index contributed by atoms with van der Waals surface area (Å²) in [5.74, 6) is 0.462. The molecular weight excluding hydrogens is 487 g/mol. The van der Waals surface area contributed by atoms with Crippen LogP contribution in [0.25, 0.3) is 22.2 Å². The van der Waals surface area contributed by atoms with E-state index in [4.69, 9.17) is 9.47 Å². The van der Waals surface area contributed by atoms with E-state index in [9.17, 15) is 14.0 Å². The number of carbonyl (C=O) groups is 2. The number of hydrogen-bond acceptors (Lipinski definition) is 5. The van der Waals surface area contributed by atoms with Gasteiger partial charge in [0.15, 0.2) is 11.6 Å². The number of hydrogen-bond donors (Lipinski definition) is 3. The Balaban J connectivity index is 1.40. The zero-order chi connectivity index (χ0) is 26.8. The maximum atomic E-state index is 14.6. The monoisotopic (exact) mass is 522 g/mol. The van der Waals surface area contributed by atoms with Gasteiger partial charge in [0.1, 0.15) is 11.3 Å². The number of benzene rings is 1. The number of H-pyrrole nitrogens is 1. The smallest absolute Gasteiger partial charge is 0.255 e. The predicted octanol–water partition coefficient (Wildman–Crippen LogP) is 5.04. The van der Waals surface area contributed by atoms with Crippen molar-refractivity contribution in [2.75, 3.05) is 13.7 Å². The Morgan fingerprint density at radius 2 is 1.76 bits per heavy atom. The Hall–Kier alpha value is -3.62. The van der Waals surface area contributed by atoms with Crippen LogP contribution in [0.1, 0.15) is 67.9 Å². The number of nitrogens with zero attached hydrogens (tertiary/aromatic N) is 1. The van der Waals surface area contributed by atoms with Crippen LogP contribution in [0.5, 0.6) is 11.5 Å². The van der Waals surface area contributed by atoms with E-state index in [-0.39, 0.29) is 29.6 Å². The maximum Gasteiger partial charge on any atom is 0.255 e. The number of fused-ring (bicyclic) bond motifs is 1. The molecule has 3 N–H and O–H groups in total. The molecule has 2 amide bonds. The van der Waals surface area contributed by atoms with Crippen LogP contribution in [-0.4, -0.2) is 47.6 Å². The SMILES string of the molecule is CCC(=O)N[C@H]1CC[C@H](NC(=O)c2c(C)[nH]c3c(-c4cc(OC)c(F)cc4OCC4CC4)ccnc23)CC1. The van der Waals surface area contributed by atoms with Crippen molar-refractivity contribution in [2.24, 2.45) is 5.92 Å². The fourth-order valence-corrected chi connectivity index (χ4v) is 5.19. The minimum absolute atomic E-state index is 0.0357. The summed E-state index contributed by atoms with van der Waals surface area (Å²) in [6.45, 7) is 4.24. The summed E-state index contributed by atoms with van der Waals surface area (Å²) in [5, 5.41) is 6.22. The molecule has 2 aliphatic rings. The first-order valence-electron chi connectivity index (χ1n) is 13.5. The lowest BCUT2D eigenvalue weighted by Gasteiger charge is -2.29. The number of rotatable bonds is 9. The second kappa shape index (κ2) is 11.0. The highest BCUT2D eigenvalue weighted by molar-refractivity contribution is 6.09. The zero-order valence-corrected chi connectivity index (χ0v) is 22.2. The fourth-order valence-electron chi connectivity index (χ4n) is 5.19. The molecule has 0 bridgehead atoms. The molecule has 9 heteroatoms. The van der Waals surface area contributed by atoms with Crippen molar-refractivity contribution in [3.63, 3.8) is 0 Å². The highest BCUT2D eigenvalue weighted by atomic mass is 19.1. The molecule has 0 aliphatic heterocycles. The van der Waals surface area contributed by atoms with Gasteiger partial charge in [-0.15, -0.1) is 0 Å². The Bertz CT molecular complexity index is 1340. The molecular formula is C29H35FN4O4. The standard InChI is InChI=1S/C29H35FN4O4/c1-4-25(35)33-18-7-9-19(10-8-18)34-29(36)26-16(2)32-27-20(11-12-31-28(26)27)21-13-24(37-3)22(30)14-23(21)38-15-17-5-6-17/h11-14,17-19,32H,4-10,15H2,1-3H3,(H,33,35)(H,34,36)/t18-,19-. The molecule has 2 saturated carbocycles. The van der Waals surface area contributed by atoms with Crippen LogP contribution < -0.4 is 20.1 Å². The van der Waals surface area contributed by atoms with Crippen LogP contribution in [-0.2, 0) is 4.79 Å². The van der Waals surface area contributed by atoms with E-state index in [1.807, 2.05) is 19.9 Å². The minimum Gasteiger partial charge on any atom is -0.494 e. The summed E-state index contributed by atoms with van der Waals surface area (Å²) in [6, 6.07) is 5.04. The van der Waals surface area contributed by atoms with Gasteiger partial charge in [-0.1, -0.05) is 6.92 Å². The summed E-state index contributed by atoms with van der Waals surface area (Å²) in [6.07, 6.45) is 7.65. The van der Waals surface area contributed by atoms with Gasteiger partial charge >= 0.3 is 0 Å². The summed E-state index contributed by atoms with van der Waals surface area (Å²) < 4.78 is 25.9. The second-order valence-electron chi connectivity index (χ2n) is 10.4. The largest absolute Gasteiger partial charge is 0.494 e. The summed E-state index contributed by atoms with van der Waals surface area (Å²) in [5.41, 5.74) is 3.88. The van der Waals surface area contributed by atoms with Crippen molar-refractivity contribution in [1.82, 2.24) is 20.6 Å². The molecule has 0 radical (unpaired) electrons. The minimum atomic E-state index is -0.487. The van der Waals surface area contributed by atoms with Gasteiger partial charge in [-0.2, -0.15) is 0 Å². The Morgan fingerprint density at radius 1 is 1.05 bits per heavy atom. The number of nitrogens with one attached hydrogen (secondary N) is 3. The van der Waals surface area contributed by atoms with Gasteiger partial charge in [-0.05, 0) is 63.5 Å². The first-order chi connectivity index (χ1) is 18.4. The predicted molar refractivity (Wildman–Crippen MR) is 143 cm³/mol. The average molecular weight is 523 g/mol. The van der Waals surface area contributed by atoms with Gasteiger partial charge in [0, 0.05) is 47.6 Å². The van der Waals surface area contributed by atoms with Crippen molar-refractivity contribution in [3.05, 3.63) is 41.5 Å². The highest BCUT2D eigenvalue weighted by Gasteiger charge is 2.27. The van der Waals surface area contributed by atoms with Crippen LogP contribution in [0.3, 0.4) is 0 Å². The molecule has 1 aromatic carbocycles. The topological polar surface area (TPSA) is 105 Å². The normalized spacial score (nSPS) is 19.3. The lowest BCUT2D eigenvalue weighted by atomic mass is 9.91. The fraction of sp³-hybridized carbons (Fsp3) is 0.483. The van der Waals surface area contributed by atoms with Crippen molar-refractivity contribution in [2.45, 2.75) is 70.9 Å². The van der Waals surface area contributed by atoms with Gasteiger partial charge in [0.05, 0.1) is 24.8 Å². The number of aromatic amines is 1. The van der Waals surface area contributed by atoms with Gasteiger partial charge in [-0.25, -0.2) is 4.39 Å². The van der Waals surface area contributed by atoms with Gasteiger partial charge in [-0.3, -0.25) is 14.6 Å². The molecule has 2 fully saturated rings.